The summed E-state index contributed by atoms with van der Waals surface area (Å²) in [5.74, 6) is 0. The molecule has 2 heterocycles. The third kappa shape index (κ3) is 3.10. The van der Waals surface area contributed by atoms with Gasteiger partial charge in [0, 0.05) is 13.0 Å². The van der Waals surface area contributed by atoms with Crippen molar-refractivity contribution in [2.45, 2.75) is 25.0 Å². The predicted molar refractivity (Wildman–Crippen MR) is 39.0 cm³/mol. The van der Waals surface area contributed by atoms with Crippen LogP contribution in [-0.2, 0) is 14.2 Å². The molecule has 2 atom stereocenters. The Kier molecular flexibility index (Phi) is 2.31. The summed E-state index contributed by atoms with van der Waals surface area (Å²) < 4.78 is 15.3. The molecule has 2 aliphatic heterocycles. The molecule has 0 saturated carbocycles. The lowest BCUT2D eigenvalue weighted by molar-refractivity contribution is 0.112. The van der Waals surface area contributed by atoms with Crippen LogP contribution in [0.5, 0.6) is 0 Å². The number of ether oxygens (including phenoxy) is 3. The Bertz CT molecular complexity index is 105. The summed E-state index contributed by atoms with van der Waals surface area (Å²) in [5.41, 5.74) is 0. The fourth-order valence-corrected chi connectivity index (χ4v) is 0.957. The van der Waals surface area contributed by atoms with Gasteiger partial charge < -0.3 is 9.47 Å². The zero-order chi connectivity index (χ0) is 7.52. The fourth-order valence-electron chi connectivity index (χ4n) is 0.957. The normalized spacial score (nSPS) is 33.1. The second-order valence-corrected chi connectivity index (χ2v) is 2.98. The van der Waals surface area contributed by atoms with Crippen molar-refractivity contribution >= 4 is 0 Å². The summed E-state index contributed by atoms with van der Waals surface area (Å²) in [4.78, 5) is 0. The summed E-state index contributed by atoms with van der Waals surface area (Å²) in [6.45, 7) is 4.37. The molecule has 0 aromatic rings. The Labute approximate surface area is 66.6 Å². The van der Waals surface area contributed by atoms with E-state index in [4.69, 9.17) is 14.2 Å². The van der Waals surface area contributed by atoms with Gasteiger partial charge in [-0.05, 0) is 6.42 Å². The lowest BCUT2D eigenvalue weighted by atomic mass is 10.3. The molecule has 2 rings (SSSR count). The molecular formula is C8H13O3+. The molecule has 2 saturated heterocycles. The van der Waals surface area contributed by atoms with Gasteiger partial charge in [0.05, 0.1) is 13.2 Å². The molecule has 2 fully saturated rings. The van der Waals surface area contributed by atoms with Gasteiger partial charge in [-0.2, -0.15) is 0 Å². The molecule has 2 aliphatic rings. The van der Waals surface area contributed by atoms with Crippen LogP contribution in [-0.4, -0.2) is 32.0 Å². The average Bonchev–Trinajstić information content (AvgIpc) is 2.83. The van der Waals surface area contributed by atoms with E-state index in [2.05, 4.69) is 0 Å². The molecule has 0 radical (unpaired) electrons. The molecule has 0 amide bonds. The molecule has 0 N–H and O–H groups in total. The predicted octanol–water partition coefficient (Wildman–Crippen LogP) is 0.743. The van der Waals surface area contributed by atoms with Crippen molar-refractivity contribution in [3.8, 4) is 0 Å². The molecule has 3 heteroatoms. The lowest BCUT2D eigenvalue weighted by Crippen LogP contribution is -2.03. The minimum Gasteiger partial charge on any atom is -0.379 e. The highest BCUT2D eigenvalue weighted by Crippen LogP contribution is 2.20. The first kappa shape index (κ1) is 7.40. The van der Waals surface area contributed by atoms with Crippen LogP contribution in [0.15, 0.2) is 0 Å². The Balaban J connectivity index is 1.35. The largest absolute Gasteiger partial charge is 0.379 e. The van der Waals surface area contributed by atoms with Crippen LogP contribution in [0.3, 0.4) is 0 Å². The van der Waals surface area contributed by atoms with Gasteiger partial charge in [0.1, 0.15) is 6.10 Å². The van der Waals surface area contributed by atoms with Crippen LogP contribution >= 0.6 is 0 Å². The third-order valence-corrected chi connectivity index (χ3v) is 1.81. The first-order valence-electron chi connectivity index (χ1n) is 4.13. The van der Waals surface area contributed by atoms with E-state index in [0.717, 1.165) is 32.7 Å². The first-order valence-corrected chi connectivity index (χ1v) is 4.13. The van der Waals surface area contributed by atoms with E-state index in [-0.39, 0.29) is 0 Å². The number of rotatable bonds is 6. The molecule has 0 bridgehead atoms. The molecule has 0 aromatic heterocycles. The lowest BCUT2D eigenvalue weighted by Gasteiger charge is -1.97. The van der Waals surface area contributed by atoms with Gasteiger partial charge in [-0.3, -0.25) is 0 Å². The SMILES string of the molecule is [CH+]1OC1CCCOCC1CO1. The van der Waals surface area contributed by atoms with Crippen LogP contribution in [0.1, 0.15) is 12.8 Å². The van der Waals surface area contributed by atoms with E-state index < -0.39 is 0 Å². The Morgan fingerprint density at radius 1 is 1.55 bits per heavy atom. The maximum Gasteiger partial charge on any atom is 0.275 e. The minimum absolute atomic E-state index is 0.402. The molecule has 3 nitrogen and oxygen atoms in total. The topological polar surface area (TPSA) is 34.3 Å². The van der Waals surface area contributed by atoms with Gasteiger partial charge in [-0.1, -0.05) is 0 Å². The van der Waals surface area contributed by atoms with Crippen molar-refractivity contribution in [3.63, 3.8) is 0 Å². The second kappa shape index (κ2) is 3.43. The zero-order valence-electron chi connectivity index (χ0n) is 6.49. The van der Waals surface area contributed by atoms with Crippen molar-refractivity contribution in [2.24, 2.45) is 0 Å². The molecule has 62 valence electrons. The highest BCUT2D eigenvalue weighted by molar-refractivity contribution is 4.82. The monoisotopic (exact) mass is 157 g/mol. The summed E-state index contributed by atoms with van der Waals surface area (Å²) in [6, 6.07) is 0. The maximum absolute atomic E-state index is 5.34. The molecule has 11 heavy (non-hydrogen) atoms. The first-order chi connectivity index (χ1) is 5.45. The van der Waals surface area contributed by atoms with Gasteiger partial charge in [-0.15, -0.1) is 4.74 Å². The van der Waals surface area contributed by atoms with Crippen LogP contribution in [0.25, 0.3) is 0 Å². The average molecular weight is 157 g/mol. The highest BCUT2D eigenvalue weighted by atomic mass is 16.6. The van der Waals surface area contributed by atoms with Gasteiger partial charge in [-0.25, -0.2) is 0 Å². The molecule has 0 spiro atoms. The summed E-state index contributed by atoms with van der Waals surface area (Å²) in [5, 5.41) is 0. The number of epoxide rings is 2. The van der Waals surface area contributed by atoms with E-state index in [1.807, 2.05) is 6.61 Å². The van der Waals surface area contributed by atoms with Crippen LogP contribution in [0.4, 0.5) is 0 Å². The van der Waals surface area contributed by atoms with Gasteiger partial charge in [0.15, 0.2) is 0 Å². The van der Waals surface area contributed by atoms with Crippen LogP contribution < -0.4 is 0 Å². The number of hydrogen-bond acceptors (Lipinski definition) is 3. The standard InChI is InChI=1S/C8H13O3/c1(2-7-5-10-7)3-9-4-8-6-11-8/h5,7-8H,1-4,6H2/q+1. The summed E-state index contributed by atoms with van der Waals surface area (Å²) in [7, 11) is 0. The van der Waals surface area contributed by atoms with E-state index in [9.17, 15) is 0 Å². The number of hydrogen-bond donors (Lipinski definition) is 0. The summed E-state index contributed by atoms with van der Waals surface area (Å²) >= 11 is 0. The van der Waals surface area contributed by atoms with Crippen molar-refractivity contribution in [1.82, 2.24) is 0 Å². The van der Waals surface area contributed by atoms with Gasteiger partial charge in [0.25, 0.3) is 12.7 Å². The molecule has 0 aromatic carbocycles. The van der Waals surface area contributed by atoms with Crippen molar-refractivity contribution in [2.75, 3.05) is 19.8 Å². The summed E-state index contributed by atoms with van der Waals surface area (Å²) in [6.07, 6.45) is 3.02. The third-order valence-electron chi connectivity index (χ3n) is 1.81. The Hall–Kier alpha value is -0.250. The molecular weight excluding hydrogens is 144 g/mol. The second-order valence-electron chi connectivity index (χ2n) is 2.98. The van der Waals surface area contributed by atoms with Crippen molar-refractivity contribution in [3.05, 3.63) is 6.61 Å². The molecule has 0 aliphatic carbocycles. The zero-order valence-corrected chi connectivity index (χ0v) is 6.49. The van der Waals surface area contributed by atoms with Crippen LogP contribution in [0.2, 0.25) is 0 Å². The van der Waals surface area contributed by atoms with E-state index in [1.54, 1.807) is 0 Å². The van der Waals surface area contributed by atoms with E-state index in [0.29, 0.717) is 12.2 Å². The Morgan fingerprint density at radius 2 is 2.36 bits per heavy atom. The fraction of sp³-hybridized carbons (Fsp3) is 0.875. The van der Waals surface area contributed by atoms with Crippen LogP contribution in [0, 0.1) is 6.61 Å². The smallest absolute Gasteiger partial charge is 0.275 e. The molecule has 2 unspecified atom stereocenters. The van der Waals surface area contributed by atoms with Crippen molar-refractivity contribution in [1.29, 1.82) is 0 Å². The van der Waals surface area contributed by atoms with E-state index in [1.165, 1.54) is 0 Å². The maximum atomic E-state index is 5.34. The highest BCUT2D eigenvalue weighted by Gasteiger charge is 2.38. The van der Waals surface area contributed by atoms with Gasteiger partial charge >= 0.3 is 0 Å². The quantitative estimate of drug-likeness (QED) is 0.324. The minimum atomic E-state index is 0.402. The Morgan fingerprint density at radius 3 is 3.00 bits per heavy atom. The van der Waals surface area contributed by atoms with Crippen molar-refractivity contribution < 1.29 is 14.2 Å². The van der Waals surface area contributed by atoms with Gasteiger partial charge in [0.2, 0.25) is 0 Å². The van der Waals surface area contributed by atoms with E-state index >= 15 is 0 Å².